The highest BCUT2D eigenvalue weighted by Crippen LogP contribution is 2.34. The molecule has 0 aliphatic carbocycles. The molecule has 2 aromatic rings. The van der Waals surface area contributed by atoms with Crippen molar-refractivity contribution in [3.05, 3.63) is 54.0 Å². The highest BCUT2D eigenvalue weighted by Gasteiger charge is 2.37. The zero-order valence-corrected chi connectivity index (χ0v) is 8.84. The number of hydrogen-bond donors (Lipinski definition) is 1. The predicted octanol–water partition coefficient (Wildman–Crippen LogP) is 2.20. The van der Waals surface area contributed by atoms with Crippen molar-refractivity contribution in [2.45, 2.75) is 5.92 Å². The van der Waals surface area contributed by atoms with E-state index in [2.05, 4.69) is 5.32 Å². The van der Waals surface area contributed by atoms with Gasteiger partial charge in [0.1, 0.15) is 5.92 Å². The van der Waals surface area contributed by atoms with Crippen LogP contribution in [0.3, 0.4) is 0 Å². The summed E-state index contributed by atoms with van der Waals surface area (Å²) in [5.41, 5.74) is 1.40. The first kappa shape index (κ1) is 9.84. The average Bonchev–Trinajstić information content (AvgIpc) is 2.94. The summed E-state index contributed by atoms with van der Waals surface area (Å²) in [5.74, 6) is -1.19. The molecule has 1 atom stereocenters. The molecular weight excluding hydrogens is 218 g/mol. The number of amides is 1. The van der Waals surface area contributed by atoms with E-state index >= 15 is 0 Å². The van der Waals surface area contributed by atoms with Crippen molar-refractivity contribution in [1.82, 2.24) is 0 Å². The largest absolute Gasteiger partial charge is 0.461 e. The van der Waals surface area contributed by atoms with Gasteiger partial charge in [-0.3, -0.25) is 9.59 Å². The maximum atomic E-state index is 12.1. The quantitative estimate of drug-likeness (QED) is 0.632. The summed E-state index contributed by atoms with van der Waals surface area (Å²) in [6.45, 7) is 0. The van der Waals surface area contributed by atoms with Crippen LogP contribution in [0, 0.1) is 0 Å². The van der Waals surface area contributed by atoms with Gasteiger partial charge in [0.2, 0.25) is 11.7 Å². The number of nitrogens with one attached hydrogen (secondary N) is 1. The summed E-state index contributed by atoms with van der Waals surface area (Å²) in [7, 11) is 0. The molecule has 4 nitrogen and oxygen atoms in total. The SMILES string of the molecule is O=C1Nc2ccccc2C1C(=O)c1ccco1. The number of rotatable bonds is 2. The zero-order valence-electron chi connectivity index (χ0n) is 8.84. The van der Waals surface area contributed by atoms with Gasteiger partial charge in [0.15, 0.2) is 5.76 Å². The van der Waals surface area contributed by atoms with Crippen LogP contribution in [0.1, 0.15) is 22.0 Å². The van der Waals surface area contributed by atoms with Crippen LogP contribution in [-0.2, 0) is 4.79 Å². The smallest absolute Gasteiger partial charge is 0.240 e. The number of benzene rings is 1. The Kier molecular flexibility index (Phi) is 2.08. The minimum atomic E-state index is -0.794. The summed E-state index contributed by atoms with van der Waals surface area (Å²) >= 11 is 0. The zero-order chi connectivity index (χ0) is 11.8. The maximum absolute atomic E-state index is 12.1. The van der Waals surface area contributed by atoms with Crippen LogP contribution in [0.5, 0.6) is 0 Å². The molecule has 0 saturated heterocycles. The second-order valence-electron chi connectivity index (χ2n) is 3.85. The number of hydrogen-bond acceptors (Lipinski definition) is 3. The molecule has 1 aliphatic heterocycles. The van der Waals surface area contributed by atoms with Crippen molar-refractivity contribution in [3.63, 3.8) is 0 Å². The fourth-order valence-electron chi connectivity index (χ4n) is 2.03. The number of carbonyl (C=O) groups excluding carboxylic acids is 2. The fourth-order valence-corrected chi connectivity index (χ4v) is 2.03. The van der Waals surface area contributed by atoms with Gasteiger partial charge in [0.25, 0.3) is 0 Å². The molecule has 1 aliphatic rings. The molecule has 0 spiro atoms. The van der Waals surface area contributed by atoms with Crippen molar-refractivity contribution < 1.29 is 14.0 Å². The third-order valence-corrected chi connectivity index (χ3v) is 2.82. The van der Waals surface area contributed by atoms with Gasteiger partial charge in [0.05, 0.1) is 6.26 Å². The Hall–Kier alpha value is -2.36. The van der Waals surface area contributed by atoms with Gasteiger partial charge in [-0.05, 0) is 23.8 Å². The van der Waals surface area contributed by atoms with E-state index in [0.29, 0.717) is 11.3 Å². The first-order valence-corrected chi connectivity index (χ1v) is 5.25. The maximum Gasteiger partial charge on any atom is 0.240 e. The third kappa shape index (κ3) is 1.45. The van der Waals surface area contributed by atoms with E-state index in [0.717, 1.165) is 0 Å². The monoisotopic (exact) mass is 227 g/mol. The third-order valence-electron chi connectivity index (χ3n) is 2.82. The van der Waals surface area contributed by atoms with Gasteiger partial charge in [-0.1, -0.05) is 18.2 Å². The lowest BCUT2D eigenvalue weighted by atomic mass is 9.95. The van der Waals surface area contributed by atoms with E-state index < -0.39 is 5.92 Å². The van der Waals surface area contributed by atoms with Gasteiger partial charge in [-0.15, -0.1) is 0 Å². The van der Waals surface area contributed by atoms with Crippen LogP contribution in [0.2, 0.25) is 0 Å². The topological polar surface area (TPSA) is 59.3 Å². The molecule has 84 valence electrons. The van der Waals surface area contributed by atoms with Crippen LogP contribution < -0.4 is 5.32 Å². The van der Waals surface area contributed by atoms with E-state index in [9.17, 15) is 9.59 Å². The Morgan fingerprint density at radius 3 is 2.76 bits per heavy atom. The average molecular weight is 227 g/mol. The van der Waals surface area contributed by atoms with Crippen molar-refractivity contribution in [2.75, 3.05) is 5.32 Å². The Bertz CT molecular complexity index is 586. The molecule has 1 amide bonds. The van der Waals surface area contributed by atoms with Crippen LogP contribution in [0.25, 0.3) is 0 Å². The summed E-state index contributed by atoms with van der Waals surface area (Å²) < 4.78 is 5.04. The molecule has 1 aromatic carbocycles. The van der Waals surface area contributed by atoms with Crippen molar-refractivity contribution in [3.8, 4) is 0 Å². The predicted molar refractivity (Wildman–Crippen MR) is 60.9 cm³/mol. The number of anilines is 1. The molecule has 0 fully saturated rings. The van der Waals surface area contributed by atoms with Crippen LogP contribution in [-0.4, -0.2) is 11.7 Å². The molecule has 1 unspecified atom stereocenters. The van der Waals surface area contributed by atoms with Gasteiger partial charge in [-0.25, -0.2) is 0 Å². The molecule has 4 heteroatoms. The minimum Gasteiger partial charge on any atom is -0.461 e. The highest BCUT2D eigenvalue weighted by molar-refractivity contribution is 6.20. The first-order chi connectivity index (χ1) is 8.27. The van der Waals surface area contributed by atoms with E-state index in [4.69, 9.17) is 4.42 Å². The number of carbonyl (C=O) groups is 2. The van der Waals surface area contributed by atoms with Gasteiger partial charge in [-0.2, -0.15) is 0 Å². The molecular formula is C13H9NO3. The lowest BCUT2D eigenvalue weighted by molar-refractivity contribution is -0.116. The van der Waals surface area contributed by atoms with Gasteiger partial charge >= 0.3 is 0 Å². The summed E-state index contributed by atoms with van der Waals surface area (Å²) in [6, 6.07) is 10.4. The Labute approximate surface area is 97.2 Å². The van der Waals surface area contributed by atoms with Crippen LogP contribution in [0.15, 0.2) is 47.1 Å². The Morgan fingerprint density at radius 2 is 2.00 bits per heavy atom. The van der Waals surface area contributed by atoms with E-state index in [1.54, 1.807) is 24.3 Å². The minimum absolute atomic E-state index is 0.210. The van der Waals surface area contributed by atoms with Crippen LogP contribution >= 0.6 is 0 Å². The van der Waals surface area contributed by atoms with Gasteiger partial charge in [0, 0.05) is 5.69 Å². The summed E-state index contributed by atoms with van der Waals surface area (Å²) in [4.78, 5) is 23.9. The van der Waals surface area contributed by atoms with Crippen LogP contribution in [0.4, 0.5) is 5.69 Å². The molecule has 1 N–H and O–H groups in total. The summed E-state index contributed by atoms with van der Waals surface area (Å²) in [5, 5.41) is 2.69. The van der Waals surface area contributed by atoms with Crippen molar-refractivity contribution in [2.24, 2.45) is 0 Å². The molecule has 0 bridgehead atoms. The Morgan fingerprint density at radius 1 is 1.18 bits per heavy atom. The van der Waals surface area contributed by atoms with Crippen molar-refractivity contribution >= 4 is 17.4 Å². The lowest BCUT2D eigenvalue weighted by Crippen LogP contribution is -2.20. The van der Waals surface area contributed by atoms with Crippen molar-refractivity contribution in [1.29, 1.82) is 0 Å². The normalized spacial score (nSPS) is 17.6. The molecule has 3 rings (SSSR count). The summed E-state index contributed by atoms with van der Waals surface area (Å²) in [6.07, 6.45) is 1.42. The molecule has 1 aromatic heterocycles. The van der Waals surface area contributed by atoms with E-state index in [1.807, 2.05) is 12.1 Å². The number of Topliss-reactive ketones (excluding diaryl/α,β-unsaturated/α-hetero) is 1. The molecule has 0 saturated carbocycles. The Balaban J connectivity index is 2.04. The van der Waals surface area contributed by atoms with E-state index in [1.165, 1.54) is 6.26 Å². The van der Waals surface area contributed by atoms with Gasteiger partial charge < -0.3 is 9.73 Å². The number of fused-ring (bicyclic) bond motifs is 1. The van der Waals surface area contributed by atoms with E-state index in [-0.39, 0.29) is 17.5 Å². The number of para-hydroxylation sites is 1. The highest BCUT2D eigenvalue weighted by atomic mass is 16.3. The number of furan rings is 1. The lowest BCUT2D eigenvalue weighted by Gasteiger charge is -2.04. The second-order valence-corrected chi connectivity index (χ2v) is 3.85. The fraction of sp³-hybridized carbons (Fsp3) is 0.0769. The second kappa shape index (κ2) is 3.59. The molecule has 17 heavy (non-hydrogen) atoms. The molecule has 2 heterocycles. The first-order valence-electron chi connectivity index (χ1n) is 5.25. The standard InChI is InChI=1S/C13H9NO3/c15-12(10-6-3-7-17-10)11-8-4-1-2-5-9(8)14-13(11)16/h1-7,11H,(H,14,16). The molecule has 0 radical (unpaired) electrons. The number of ketones is 1.